The maximum atomic E-state index is 14.9. The lowest BCUT2D eigenvalue weighted by Crippen LogP contribution is -2.35. The Hall–Kier alpha value is -5.85. The Morgan fingerprint density at radius 3 is 1.79 bits per heavy atom. The third-order valence-corrected chi connectivity index (χ3v) is 10.9. The molecule has 0 fully saturated rings. The van der Waals surface area contributed by atoms with E-state index in [1.165, 1.54) is 0 Å². The van der Waals surface area contributed by atoms with Gasteiger partial charge in [-0.2, -0.15) is 4.99 Å². The number of fused-ring (bicyclic) bond motifs is 14. The van der Waals surface area contributed by atoms with Gasteiger partial charge in [0.2, 0.25) is 7.37 Å². The summed E-state index contributed by atoms with van der Waals surface area (Å²) in [6.07, 6.45) is 0. The number of H-pyrrole nitrogens is 1. The van der Waals surface area contributed by atoms with Crippen LogP contribution in [0.15, 0.2) is 153 Å². The van der Waals surface area contributed by atoms with E-state index in [2.05, 4.69) is 10.9 Å². The average molecular weight is 626 g/mol. The molecule has 0 atom stereocenters. The van der Waals surface area contributed by atoms with Crippen molar-refractivity contribution in [3.8, 4) is 0 Å². The molecule has 8 nitrogen and oxygen atoms in total. The summed E-state index contributed by atoms with van der Waals surface area (Å²) in [5, 5.41) is 5.42. The van der Waals surface area contributed by atoms with Gasteiger partial charge < -0.3 is 13.9 Å². The van der Waals surface area contributed by atoms with E-state index in [4.69, 9.17) is 24.4 Å². The number of rotatable bonds is 5. The smallest absolute Gasteiger partial charge is 0.362 e. The number of amidine groups is 2. The SMILES string of the molecule is O=P(OBn1c2c3ccccc3/c1=N/C1=NC(=N\c3[nH]c(c4ccccc34)N=C=2)/c2ccccc21)(c1ccccc1)c1ccccc1. The van der Waals surface area contributed by atoms with Gasteiger partial charge in [0.25, 0.3) is 0 Å². The summed E-state index contributed by atoms with van der Waals surface area (Å²) in [7, 11) is -3.62. The van der Waals surface area contributed by atoms with Crippen molar-refractivity contribution >= 4 is 76.3 Å². The predicted molar refractivity (Wildman–Crippen MR) is 190 cm³/mol. The Kier molecular flexibility index (Phi) is 6.37. The van der Waals surface area contributed by atoms with Gasteiger partial charge in [-0.05, 0) is 24.3 Å². The van der Waals surface area contributed by atoms with Crippen LogP contribution in [-0.4, -0.2) is 34.6 Å². The van der Waals surface area contributed by atoms with Gasteiger partial charge >= 0.3 is 7.62 Å². The van der Waals surface area contributed by atoms with E-state index in [9.17, 15) is 4.57 Å². The number of aliphatic imine (C=N–C) groups is 3. The summed E-state index contributed by atoms with van der Waals surface area (Å²) in [6, 6.07) is 42.6. The van der Waals surface area contributed by atoms with E-state index in [1.54, 1.807) is 0 Å². The van der Waals surface area contributed by atoms with Gasteiger partial charge in [0.05, 0.1) is 0 Å². The largest absolute Gasteiger partial charge is 0.409 e. The Labute approximate surface area is 269 Å². The van der Waals surface area contributed by atoms with Crippen LogP contribution in [0.1, 0.15) is 11.1 Å². The molecule has 9 rings (SSSR count). The second-order valence-corrected chi connectivity index (χ2v) is 13.6. The first kappa shape index (κ1) is 27.5. The quantitative estimate of drug-likeness (QED) is 0.207. The molecule has 6 bridgehead atoms. The minimum absolute atomic E-state index is 0.0843. The highest BCUT2D eigenvalue weighted by Gasteiger charge is 2.30. The maximum absolute atomic E-state index is 14.9. The minimum atomic E-state index is -3.54. The lowest BCUT2D eigenvalue weighted by Gasteiger charge is -2.19. The molecule has 4 heterocycles. The van der Waals surface area contributed by atoms with Gasteiger partial charge in [0.1, 0.15) is 22.5 Å². The van der Waals surface area contributed by atoms with Gasteiger partial charge in [-0.25, -0.2) is 15.0 Å². The fourth-order valence-electron chi connectivity index (χ4n) is 6.23. The van der Waals surface area contributed by atoms with Crippen LogP contribution in [0.2, 0.25) is 0 Å². The van der Waals surface area contributed by atoms with Gasteiger partial charge in [-0.15, -0.1) is 0 Å². The molecule has 5 aromatic carbocycles. The molecule has 0 unspecified atom stereocenters. The maximum Gasteiger partial charge on any atom is 0.409 e. The highest BCUT2D eigenvalue weighted by molar-refractivity contribution is 7.75. The first-order valence-electron chi connectivity index (χ1n) is 15.2. The molecule has 2 aliphatic rings. The second kappa shape index (κ2) is 10.9. The average Bonchev–Trinajstić information content (AvgIpc) is 3.76. The van der Waals surface area contributed by atoms with E-state index in [1.807, 2.05) is 138 Å². The summed E-state index contributed by atoms with van der Waals surface area (Å²) < 4.78 is 23.4. The first-order chi connectivity index (χ1) is 23.2. The second-order valence-electron chi connectivity index (χ2n) is 11.2. The van der Waals surface area contributed by atoms with Gasteiger partial charge in [-0.3, -0.25) is 4.57 Å². The number of hydrogen-bond donors (Lipinski definition) is 1. The lowest BCUT2D eigenvalue weighted by molar-refractivity contribution is 0.511. The van der Waals surface area contributed by atoms with E-state index >= 15 is 0 Å². The predicted octanol–water partition coefficient (Wildman–Crippen LogP) is 5.33. The zero-order valence-corrected chi connectivity index (χ0v) is 25.8. The summed E-state index contributed by atoms with van der Waals surface area (Å²) in [5.41, 5.74) is 2.35. The van der Waals surface area contributed by atoms with Crippen molar-refractivity contribution in [1.82, 2.24) is 9.46 Å². The number of hydrogen-bond acceptors (Lipinski definition) is 6. The summed E-state index contributed by atoms with van der Waals surface area (Å²) in [4.78, 5) is 23.4. The van der Waals surface area contributed by atoms with Gasteiger partial charge in [0.15, 0.2) is 11.7 Å². The number of nitrogens with one attached hydrogen (secondary N) is 1. The fourth-order valence-corrected chi connectivity index (χ4v) is 8.24. The van der Waals surface area contributed by atoms with Crippen LogP contribution in [0.25, 0.3) is 21.5 Å². The van der Waals surface area contributed by atoms with E-state index in [-0.39, 0.29) is 7.62 Å². The molecule has 2 aliphatic heterocycles. The molecule has 222 valence electrons. The van der Waals surface area contributed by atoms with Crippen LogP contribution in [-0.2, 0) is 9.01 Å². The van der Waals surface area contributed by atoms with Crippen LogP contribution >= 0.6 is 7.37 Å². The molecule has 47 heavy (non-hydrogen) atoms. The molecular formula is C37H24BN6O2P. The molecule has 0 saturated carbocycles. The molecule has 10 heteroatoms. The molecule has 2 aromatic heterocycles. The Bertz CT molecular complexity index is 2610. The Morgan fingerprint density at radius 1 is 0.596 bits per heavy atom. The third-order valence-electron chi connectivity index (χ3n) is 8.51. The van der Waals surface area contributed by atoms with Crippen LogP contribution in [0, 0.1) is 0 Å². The molecule has 7 aromatic rings. The third kappa shape index (κ3) is 4.49. The van der Waals surface area contributed by atoms with Crippen molar-refractivity contribution in [3.63, 3.8) is 0 Å². The molecule has 0 amide bonds. The summed E-state index contributed by atoms with van der Waals surface area (Å²) in [5.74, 6) is 5.67. The molecular weight excluding hydrogens is 602 g/mol. The zero-order valence-electron chi connectivity index (χ0n) is 24.9. The van der Waals surface area contributed by atoms with Crippen molar-refractivity contribution < 1.29 is 9.01 Å². The van der Waals surface area contributed by atoms with Crippen LogP contribution < -0.4 is 21.4 Å². The van der Waals surface area contributed by atoms with Gasteiger partial charge in [0, 0.05) is 49.2 Å². The lowest BCUT2D eigenvalue weighted by atomic mass is 10.1. The normalized spacial score (nSPS) is 15.3. The Balaban J connectivity index is 1.35. The van der Waals surface area contributed by atoms with E-state index < -0.39 is 7.37 Å². The number of benzene rings is 5. The number of nitrogens with zero attached hydrogens (tertiary/aromatic N) is 5. The monoisotopic (exact) mass is 626 g/mol. The molecule has 0 radical (unpaired) electrons. The van der Waals surface area contributed by atoms with Crippen molar-refractivity contribution in [3.05, 3.63) is 155 Å². The molecule has 0 saturated heterocycles. The van der Waals surface area contributed by atoms with Gasteiger partial charge in [-0.1, -0.05) is 109 Å². The van der Waals surface area contributed by atoms with Crippen molar-refractivity contribution in [2.45, 2.75) is 0 Å². The number of aromatic nitrogens is 2. The van der Waals surface area contributed by atoms with Crippen LogP contribution in [0.3, 0.4) is 0 Å². The van der Waals surface area contributed by atoms with Crippen LogP contribution in [0.5, 0.6) is 0 Å². The summed E-state index contributed by atoms with van der Waals surface area (Å²) >= 11 is 0. The van der Waals surface area contributed by atoms with Crippen molar-refractivity contribution in [2.24, 2.45) is 20.0 Å². The standard InChI is InChI=1S/C37H24BN6O2P/c45-47(24-13-3-1-4-14-24,25-15-5-2-6-16-25)46-38-44-32-23-39-33-27-18-8-9-19-28(27)34(40-33)41-35-29-20-10-11-21-30(29)36(42-35)43-37(44)31-22-12-7-17-26(31)32/h1-22,38,40H/b41-35-,43-37-. The molecule has 0 aliphatic carbocycles. The highest BCUT2D eigenvalue weighted by Crippen LogP contribution is 2.44. The minimum Gasteiger partial charge on any atom is -0.362 e. The first-order valence-corrected chi connectivity index (χ1v) is 16.8. The van der Waals surface area contributed by atoms with Crippen LogP contribution in [0.4, 0.5) is 11.6 Å². The van der Waals surface area contributed by atoms with E-state index in [0.29, 0.717) is 44.8 Å². The van der Waals surface area contributed by atoms with Crippen molar-refractivity contribution in [2.75, 3.05) is 0 Å². The Morgan fingerprint density at radius 2 is 1.13 bits per heavy atom. The number of aromatic amines is 1. The van der Waals surface area contributed by atoms with Crippen molar-refractivity contribution in [1.29, 1.82) is 0 Å². The fraction of sp³-hybridized carbons (Fsp3) is 0. The zero-order chi connectivity index (χ0) is 31.4. The highest BCUT2D eigenvalue weighted by atomic mass is 31.2. The molecule has 1 N–H and O–H groups in total. The van der Waals surface area contributed by atoms with E-state index in [0.717, 1.165) is 32.7 Å². The topological polar surface area (TPSA) is 96.5 Å². The summed E-state index contributed by atoms with van der Waals surface area (Å²) in [6.45, 7) is 0. The molecule has 0 spiro atoms.